The summed E-state index contributed by atoms with van der Waals surface area (Å²) < 4.78 is 13.2. The molecule has 3 fully saturated rings. The molecule has 0 aromatic carbocycles. The van der Waals surface area contributed by atoms with Crippen molar-refractivity contribution in [3.8, 4) is 0 Å². The van der Waals surface area contributed by atoms with Crippen LogP contribution in [0.25, 0.3) is 0 Å². The fourth-order valence-corrected chi connectivity index (χ4v) is 10.1. The van der Waals surface area contributed by atoms with Crippen LogP contribution in [0.1, 0.15) is 156 Å². The lowest BCUT2D eigenvalue weighted by Crippen LogP contribution is -2.48. The Labute approximate surface area is 274 Å². The van der Waals surface area contributed by atoms with Crippen LogP contribution in [0.4, 0.5) is 0 Å². The number of unbranched alkanes of at least 4 members (excludes halogenated alkanes) is 5. The highest BCUT2D eigenvalue weighted by Gasteiger charge is 2.56. The number of nitrogens with two attached hydrogens (primary N) is 2. The van der Waals surface area contributed by atoms with Crippen LogP contribution in [0.3, 0.4) is 0 Å². The summed E-state index contributed by atoms with van der Waals surface area (Å²) in [4.78, 5) is 0. The largest absolute Gasteiger partial charge is 0.378 e. The van der Waals surface area contributed by atoms with Crippen molar-refractivity contribution in [3.63, 3.8) is 0 Å². The summed E-state index contributed by atoms with van der Waals surface area (Å²) >= 11 is 0. The molecule has 5 N–H and O–H groups in total. The highest BCUT2D eigenvalue weighted by Crippen LogP contribution is 2.62. The Morgan fingerprint density at radius 3 is 2.36 bits per heavy atom. The molecule has 0 heterocycles. The van der Waals surface area contributed by atoms with E-state index >= 15 is 0 Å². The zero-order valence-corrected chi connectivity index (χ0v) is 30.0. The van der Waals surface area contributed by atoms with E-state index in [-0.39, 0.29) is 0 Å². The molecule has 0 aliphatic heterocycles. The van der Waals surface area contributed by atoms with Gasteiger partial charge in [-0.15, -0.1) is 0 Å². The molecule has 0 aromatic heterocycles. The van der Waals surface area contributed by atoms with E-state index in [9.17, 15) is 0 Å². The Morgan fingerprint density at radius 2 is 1.59 bits per heavy atom. The van der Waals surface area contributed by atoms with E-state index in [2.05, 4.69) is 33.0 Å². The van der Waals surface area contributed by atoms with Gasteiger partial charge >= 0.3 is 0 Å². The van der Waals surface area contributed by atoms with Crippen LogP contribution in [0.2, 0.25) is 0 Å². The van der Waals surface area contributed by atoms with E-state index in [1.54, 1.807) is 0 Å². The Hall–Kier alpha value is -0.200. The molecule has 0 amide bonds. The van der Waals surface area contributed by atoms with Crippen LogP contribution < -0.4 is 16.8 Å². The van der Waals surface area contributed by atoms with Crippen molar-refractivity contribution in [1.82, 2.24) is 5.32 Å². The van der Waals surface area contributed by atoms with E-state index in [1.165, 1.54) is 129 Å². The van der Waals surface area contributed by atoms with Gasteiger partial charge < -0.3 is 26.3 Å². The van der Waals surface area contributed by atoms with Gasteiger partial charge in [0.25, 0.3) is 0 Å². The Kier molecular flexibility index (Phi) is 18.8. The van der Waals surface area contributed by atoms with Gasteiger partial charge in [0.05, 0.1) is 12.2 Å². The fourth-order valence-electron chi connectivity index (χ4n) is 10.1. The van der Waals surface area contributed by atoms with E-state index < -0.39 is 0 Å². The molecule has 44 heavy (non-hydrogen) atoms. The minimum atomic E-state index is 0.379. The van der Waals surface area contributed by atoms with Crippen LogP contribution in [-0.2, 0) is 9.47 Å². The Bertz CT molecular complexity index is 721. The van der Waals surface area contributed by atoms with Gasteiger partial charge in [0.15, 0.2) is 0 Å². The second-order valence-corrected chi connectivity index (χ2v) is 15.7. The first-order valence-corrected chi connectivity index (χ1v) is 19.8. The second-order valence-electron chi connectivity index (χ2n) is 15.7. The predicted molar refractivity (Wildman–Crippen MR) is 189 cm³/mol. The highest BCUT2D eigenvalue weighted by atomic mass is 16.5. The van der Waals surface area contributed by atoms with E-state index in [1.807, 2.05) is 0 Å². The molecule has 4 unspecified atom stereocenters. The maximum atomic E-state index is 6.93. The standard InChI is InChI=1S/C39H77N3O2/c1-5-7-8-9-10-11-25-42-26-13-16-31(3)35-19-20-36-38(33(6-2)21-22-39(35,36)4)37(44-28-15-24-41)30-32-17-12-18-34(29-32)43-27-14-23-40/h31-38,42H,5-30,40-41H2,1-4H3/t31-,32?,33+,34-,35?,36+,37-,38?,39?/m1/s1. The number of rotatable bonds is 24. The van der Waals surface area contributed by atoms with Gasteiger partial charge in [-0.2, -0.15) is 0 Å². The zero-order valence-electron chi connectivity index (χ0n) is 30.0. The fraction of sp³-hybridized carbons (Fsp3) is 1.00. The molecule has 0 saturated heterocycles. The number of nitrogens with one attached hydrogen (secondary N) is 1. The van der Waals surface area contributed by atoms with Gasteiger partial charge in [0.2, 0.25) is 0 Å². The minimum absolute atomic E-state index is 0.379. The normalized spacial score (nSPS) is 32.0. The molecule has 9 atom stereocenters. The molecule has 0 spiro atoms. The molecule has 5 heteroatoms. The lowest BCUT2D eigenvalue weighted by Gasteiger charge is -2.52. The van der Waals surface area contributed by atoms with Crippen LogP contribution in [-0.4, -0.2) is 51.6 Å². The van der Waals surface area contributed by atoms with Crippen LogP contribution in [0, 0.1) is 40.9 Å². The van der Waals surface area contributed by atoms with Crippen molar-refractivity contribution in [3.05, 3.63) is 0 Å². The smallest absolute Gasteiger partial charge is 0.0611 e. The number of ether oxygens (including phenoxy) is 2. The lowest BCUT2D eigenvalue weighted by atomic mass is 9.54. The molecule has 0 aromatic rings. The average Bonchev–Trinajstić information content (AvgIpc) is 3.38. The zero-order chi connectivity index (χ0) is 31.6. The van der Waals surface area contributed by atoms with Gasteiger partial charge in [-0.25, -0.2) is 0 Å². The number of hydrogen-bond donors (Lipinski definition) is 3. The van der Waals surface area contributed by atoms with Crippen LogP contribution in [0.15, 0.2) is 0 Å². The lowest BCUT2D eigenvalue weighted by molar-refractivity contribution is -0.102. The van der Waals surface area contributed by atoms with Gasteiger partial charge in [-0.3, -0.25) is 0 Å². The molecule has 0 bridgehead atoms. The van der Waals surface area contributed by atoms with Crippen molar-refractivity contribution in [2.45, 2.75) is 168 Å². The van der Waals surface area contributed by atoms with Crippen LogP contribution in [0.5, 0.6) is 0 Å². The molecule has 3 aliphatic carbocycles. The predicted octanol–water partition coefficient (Wildman–Crippen LogP) is 8.87. The minimum Gasteiger partial charge on any atom is -0.378 e. The van der Waals surface area contributed by atoms with Crippen molar-refractivity contribution in [1.29, 1.82) is 0 Å². The SMILES string of the molecule is CCCCCCCCNCCC[C@@H](C)C1CC[C@H]2C([C@@H](CC3CCC[C@@H](OCCCN)C3)OCCCN)[C@@H](CC)CCC12C. The van der Waals surface area contributed by atoms with Crippen molar-refractivity contribution < 1.29 is 9.47 Å². The number of fused-ring (bicyclic) bond motifs is 1. The van der Waals surface area contributed by atoms with E-state index in [4.69, 9.17) is 20.9 Å². The molecule has 5 nitrogen and oxygen atoms in total. The van der Waals surface area contributed by atoms with E-state index in [0.717, 1.165) is 68.7 Å². The Balaban J connectivity index is 1.57. The first kappa shape index (κ1) is 38.2. The third-order valence-corrected chi connectivity index (χ3v) is 12.6. The molecule has 0 radical (unpaired) electrons. The topological polar surface area (TPSA) is 82.5 Å². The van der Waals surface area contributed by atoms with Crippen LogP contribution >= 0.6 is 0 Å². The molecular weight excluding hydrogens is 542 g/mol. The first-order chi connectivity index (χ1) is 21.5. The summed E-state index contributed by atoms with van der Waals surface area (Å²) in [5, 5.41) is 3.76. The first-order valence-electron chi connectivity index (χ1n) is 19.8. The monoisotopic (exact) mass is 620 g/mol. The van der Waals surface area contributed by atoms with E-state index in [0.29, 0.717) is 23.5 Å². The maximum Gasteiger partial charge on any atom is 0.0611 e. The average molecular weight is 620 g/mol. The maximum absolute atomic E-state index is 6.93. The molecule has 3 saturated carbocycles. The second kappa shape index (κ2) is 21.6. The summed E-state index contributed by atoms with van der Waals surface area (Å²) in [5.74, 6) is 4.72. The third-order valence-electron chi connectivity index (χ3n) is 12.6. The quantitative estimate of drug-likeness (QED) is 0.0940. The third kappa shape index (κ3) is 11.8. The van der Waals surface area contributed by atoms with Crippen molar-refractivity contribution in [2.75, 3.05) is 39.4 Å². The molecular formula is C39H77N3O2. The summed E-state index contributed by atoms with van der Waals surface area (Å²) in [6.45, 7) is 15.6. The summed E-state index contributed by atoms with van der Waals surface area (Å²) in [6.07, 6.45) is 27.0. The highest BCUT2D eigenvalue weighted by molar-refractivity contribution is 5.05. The summed E-state index contributed by atoms with van der Waals surface area (Å²) in [5.41, 5.74) is 12.2. The summed E-state index contributed by atoms with van der Waals surface area (Å²) in [7, 11) is 0. The molecule has 3 rings (SSSR count). The van der Waals surface area contributed by atoms with Gasteiger partial charge in [-0.1, -0.05) is 79.1 Å². The Morgan fingerprint density at radius 1 is 0.841 bits per heavy atom. The molecule has 260 valence electrons. The van der Waals surface area contributed by atoms with Crippen molar-refractivity contribution >= 4 is 0 Å². The molecule has 3 aliphatic rings. The van der Waals surface area contributed by atoms with Gasteiger partial charge in [-0.05, 0) is 144 Å². The van der Waals surface area contributed by atoms with Crippen molar-refractivity contribution in [2.24, 2.45) is 52.4 Å². The van der Waals surface area contributed by atoms with Gasteiger partial charge in [0, 0.05) is 13.2 Å². The summed E-state index contributed by atoms with van der Waals surface area (Å²) in [6, 6.07) is 0. The van der Waals surface area contributed by atoms with Gasteiger partial charge in [0.1, 0.15) is 0 Å². The number of hydrogen-bond acceptors (Lipinski definition) is 5.